The zero-order valence-electron chi connectivity index (χ0n) is 17.2. The van der Waals surface area contributed by atoms with Crippen LogP contribution in [-0.2, 0) is 12.7 Å². The number of carbonyl (C=O) groups is 1. The van der Waals surface area contributed by atoms with Crippen LogP contribution >= 0.6 is 0 Å². The summed E-state index contributed by atoms with van der Waals surface area (Å²) in [4.78, 5) is 13.0. The van der Waals surface area contributed by atoms with Gasteiger partial charge in [0.2, 0.25) is 0 Å². The molecule has 0 saturated heterocycles. The van der Waals surface area contributed by atoms with Gasteiger partial charge in [-0.1, -0.05) is 60.2 Å². The zero-order valence-corrected chi connectivity index (χ0v) is 17.2. The highest BCUT2D eigenvalue weighted by Crippen LogP contribution is 2.29. The van der Waals surface area contributed by atoms with Crippen LogP contribution in [0, 0.1) is 6.92 Å². The maximum atomic E-state index is 13.0. The third kappa shape index (κ3) is 4.72. The SMILES string of the molecule is Cc1ccc(-n2nc(-c3ccccc3)cc2C(=O)NCc2cccc(C(F)(F)F)c2)cc1. The van der Waals surface area contributed by atoms with E-state index in [1.54, 1.807) is 16.8 Å². The van der Waals surface area contributed by atoms with Gasteiger partial charge in [-0.05, 0) is 42.8 Å². The summed E-state index contributed by atoms with van der Waals surface area (Å²) in [6.07, 6.45) is -4.44. The van der Waals surface area contributed by atoms with Crippen LogP contribution < -0.4 is 5.32 Å². The molecule has 0 fully saturated rings. The van der Waals surface area contributed by atoms with Gasteiger partial charge in [0.05, 0.1) is 16.9 Å². The Hall–Kier alpha value is -3.87. The molecule has 0 atom stereocenters. The van der Waals surface area contributed by atoms with E-state index in [1.165, 1.54) is 6.07 Å². The Labute approximate surface area is 183 Å². The minimum Gasteiger partial charge on any atom is -0.347 e. The third-order valence-corrected chi connectivity index (χ3v) is 5.00. The molecule has 1 aromatic heterocycles. The van der Waals surface area contributed by atoms with Crippen molar-refractivity contribution in [3.63, 3.8) is 0 Å². The summed E-state index contributed by atoms with van der Waals surface area (Å²) >= 11 is 0. The summed E-state index contributed by atoms with van der Waals surface area (Å²) in [6.45, 7) is 1.92. The average Bonchev–Trinajstić information content (AvgIpc) is 3.24. The fourth-order valence-electron chi connectivity index (χ4n) is 3.31. The topological polar surface area (TPSA) is 46.9 Å². The number of benzene rings is 3. The Morgan fingerprint density at radius 3 is 2.34 bits per heavy atom. The number of amides is 1. The average molecular weight is 435 g/mol. The molecule has 32 heavy (non-hydrogen) atoms. The first-order valence-corrected chi connectivity index (χ1v) is 9.98. The maximum Gasteiger partial charge on any atom is 0.416 e. The van der Waals surface area contributed by atoms with Crippen molar-refractivity contribution in [2.45, 2.75) is 19.6 Å². The van der Waals surface area contributed by atoms with E-state index in [0.29, 0.717) is 22.6 Å². The van der Waals surface area contributed by atoms with Gasteiger partial charge in [0, 0.05) is 12.1 Å². The van der Waals surface area contributed by atoms with Crippen LogP contribution in [0.4, 0.5) is 13.2 Å². The number of carbonyl (C=O) groups excluding carboxylic acids is 1. The first-order chi connectivity index (χ1) is 15.3. The van der Waals surface area contributed by atoms with Crippen LogP contribution in [-0.4, -0.2) is 15.7 Å². The smallest absolute Gasteiger partial charge is 0.347 e. The van der Waals surface area contributed by atoms with Crippen molar-refractivity contribution in [2.24, 2.45) is 0 Å². The van der Waals surface area contributed by atoms with Crippen LogP contribution in [0.5, 0.6) is 0 Å². The first-order valence-electron chi connectivity index (χ1n) is 9.98. The van der Waals surface area contributed by atoms with Gasteiger partial charge in [-0.15, -0.1) is 0 Å². The van der Waals surface area contributed by atoms with Crippen LogP contribution in [0.15, 0.2) is 84.9 Å². The highest BCUT2D eigenvalue weighted by molar-refractivity contribution is 5.94. The Balaban J connectivity index is 1.63. The van der Waals surface area contributed by atoms with E-state index >= 15 is 0 Å². The molecule has 4 rings (SSSR count). The fraction of sp³-hybridized carbons (Fsp3) is 0.120. The number of aryl methyl sites for hydroxylation is 1. The van der Waals surface area contributed by atoms with E-state index < -0.39 is 17.6 Å². The highest BCUT2D eigenvalue weighted by atomic mass is 19.4. The van der Waals surface area contributed by atoms with Crippen molar-refractivity contribution < 1.29 is 18.0 Å². The summed E-state index contributed by atoms with van der Waals surface area (Å²) in [5, 5.41) is 7.32. The number of aromatic nitrogens is 2. The Morgan fingerprint density at radius 2 is 1.66 bits per heavy atom. The van der Waals surface area contributed by atoms with E-state index in [9.17, 15) is 18.0 Å². The van der Waals surface area contributed by atoms with E-state index in [4.69, 9.17) is 0 Å². The molecule has 0 unspecified atom stereocenters. The third-order valence-electron chi connectivity index (χ3n) is 5.00. The molecule has 1 amide bonds. The minimum atomic E-state index is -4.44. The molecule has 4 aromatic rings. The molecule has 7 heteroatoms. The number of hydrogen-bond acceptors (Lipinski definition) is 2. The summed E-state index contributed by atoms with van der Waals surface area (Å²) in [6, 6.07) is 23.6. The van der Waals surface area contributed by atoms with Crippen LogP contribution in [0.25, 0.3) is 16.9 Å². The van der Waals surface area contributed by atoms with E-state index in [-0.39, 0.29) is 6.54 Å². The predicted octanol–water partition coefficient (Wildman–Crippen LogP) is 5.80. The second kappa shape index (κ2) is 8.70. The van der Waals surface area contributed by atoms with E-state index in [1.807, 2.05) is 61.5 Å². The second-order valence-corrected chi connectivity index (χ2v) is 7.41. The molecule has 0 aliphatic heterocycles. The van der Waals surface area contributed by atoms with Crippen molar-refractivity contribution in [1.82, 2.24) is 15.1 Å². The lowest BCUT2D eigenvalue weighted by atomic mass is 10.1. The van der Waals surface area contributed by atoms with Gasteiger partial charge in [0.25, 0.3) is 5.91 Å². The molecule has 0 bridgehead atoms. The molecule has 4 nitrogen and oxygen atoms in total. The van der Waals surface area contributed by atoms with E-state index in [0.717, 1.165) is 23.3 Å². The number of rotatable bonds is 5. The lowest BCUT2D eigenvalue weighted by molar-refractivity contribution is -0.137. The summed E-state index contributed by atoms with van der Waals surface area (Å²) in [5.41, 5.74) is 3.15. The summed E-state index contributed by atoms with van der Waals surface area (Å²) in [7, 11) is 0. The molecule has 162 valence electrons. The quantitative estimate of drug-likeness (QED) is 0.431. The Morgan fingerprint density at radius 1 is 0.938 bits per heavy atom. The van der Waals surface area contributed by atoms with Crippen molar-refractivity contribution in [1.29, 1.82) is 0 Å². The molecule has 0 spiro atoms. The molecule has 0 radical (unpaired) electrons. The van der Waals surface area contributed by atoms with Gasteiger partial charge in [0.15, 0.2) is 0 Å². The molecule has 3 aromatic carbocycles. The number of nitrogens with one attached hydrogen (secondary N) is 1. The van der Waals surface area contributed by atoms with Crippen molar-refractivity contribution in [2.75, 3.05) is 0 Å². The van der Waals surface area contributed by atoms with Gasteiger partial charge in [-0.2, -0.15) is 18.3 Å². The molecule has 0 saturated carbocycles. The zero-order chi connectivity index (χ0) is 22.7. The second-order valence-electron chi connectivity index (χ2n) is 7.41. The van der Waals surface area contributed by atoms with Crippen LogP contribution in [0.1, 0.15) is 27.2 Å². The predicted molar refractivity (Wildman–Crippen MR) is 116 cm³/mol. The number of halogens is 3. The Bertz CT molecular complexity index is 1230. The number of hydrogen-bond donors (Lipinski definition) is 1. The van der Waals surface area contributed by atoms with Gasteiger partial charge in [-0.25, -0.2) is 4.68 Å². The molecule has 1 N–H and O–H groups in total. The lowest BCUT2D eigenvalue weighted by Crippen LogP contribution is -2.25. The number of nitrogens with zero attached hydrogens (tertiary/aromatic N) is 2. The first kappa shape index (κ1) is 21.4. The Kier molecular flexibility index (Phi) is 5.81. The molecular formula is C25H20F3N3O. The van der Waals surface area contributed by atoms with Gasteiger partial charge < -0.3 is 5.32 Å². The van der Waals surface area contributed by atoms with Crippen molar-refractivity contribution in [3.8, 4) is 16.9 Å². The van der Waals surface area contributed by atoms with E-state index in [2.05, 4.69) is 10.4 Å². The van der Waals surface area contributed by atoms with Crippen molar-refractivity contribution in [3.05, 3.63) is 107 Å². The van der Waals surface area contributed by atoms with Gasteiger partial charge in [0.1, 0.15) is 5.69 Å². The van der Waals surface area contributed by atoms with Gasteiger partial charge >= 0.3 is 6.18 Å². The maximum absolute atomic E-state index is 13.0. The lowest BCUT2D eigenvalue weighted by Gasteiger charge is -2.11. The summed E-state index contributed by atoms with van der Waals surface area (Å²) < 4.78 is 40.4. The van der Waals surface area contributed by atoms with Gasteiger partial charge in [-0.3, -0.25) is 4.79 Å². The standard InChI is InChI=1S/C25H20F3N3O/c1-17-10-12-21(13-11-17)31-23(15-22(30-31)19-7-3-2-4-8-19)24(32)29-16-18-6-5-9-20(14-18)25(26,27)28/h2-15H,16H2,1H3,(H,29,32). The molecule has 0 aliphatic rings. The monoisotopic (exact) mass is 435 g/mol. The summed E-state index contributed by atoms with van der Waals surface area (Å²) in [5.74, 6) is -0.433. The highest BCUT2D eigenvalue weighted by Gasteiger charge is 2.30. The molecular weight excluding hydrogens is 415 g/mol. The molecule has 1 heterocycles. The largest absolute Gasteiger partial charge is 0.416 e. The fourth-order valence-corrected chi connectivity index (χ4v) is 3.31. The van der Waals surface area contributed by atoms with Crippen LogP contribution in [0.2, 0.25) is 0 Å². The number of alkyl halides is 3. The minimum absolute atomic E-state index is 0.0392. The molecule has 0 aliphatic carbocycles. The van der Waals surface area contributed by atoms with Crippen molar-refractivity contribution >= 4 is 5.91 Å². The normalized spacial score (nSPS) is 11.4. The van der Waals surface area contributed by atoms with Crippen LogP contribution in [0.3, 0.4) is 0 Å².